The molecule has 72 valence electrons. The molecule has 0 aliphatic heterocycles. The molecule has 1 aromatic carbocycles. The lowest BCUT2D eigenvalue weighted by Gasteiger charge is -2.03. The van der Waals surface area contributed by atoms with Gasteiger partial charge in [0.1, 0.15) is 0 Å². The molecule has 1 atom stereocenters. The smallest absolute Gasteiger partial charge is 0.175 e. The van der Waals surface area contributed by atoms with Gasteiger partial charge in [0.2, 0.25) is 0 Å². The van der Waals surface area contributed by atoms with Crippen LogP contribution in [0.5, 0.6) is 0 Å². The van der Waals surface area contributed by atoms with Gasteiger partial charge in [-0.2, -0.15) is 0 Å². The topological polar surface area (TPSA) is 34.1 Å². The summed E-state index contributed by atoms with van der Waals surface area (Å²) in [5.41, 5.74) is 1.08. The minimum atomic E-state index is -3.06. The Labute approximate surface area is 87.0 Å². The molecule has 4 heteroatoms. The largest absolute Gasteiger partial charge is 0.224 e. The van der Waals surface area contributed by atoms with Crippen LogP contribution in [0.2, 0.25) is 0 Å². The van der Waals surface area contributed by atoms with Crippen LogP contribution < -0.4 is 0 Å². The van der Waals surface area contributed by atoms with E-state index in [0.717, 1.165) is 5.56 Å². The fraction of sp³-hybridized carbons (Fsp3) is 0.333. The van der Waals surface area contributed by atoms with Gasteiger partial charge in [0.15, 0.2) is 9.84 Å². The van der Waals surface area contributed by atoms with Crippen LogP contribution in [0.25, 0.3) is 0 Å². The summed E-state index contributed by atoms with van der Waals surface area (Å²) >= 11 is 3.41. The molecule has 0 unspecified atom stereocenters. The van der Waals surface area contributed by atoms with Crippen LogP contribution >= 0.6 is 15.9 Å². The zero-order valence-corrected chi connectivity index (χ0v) is 9.89. The summed E-state index contributed by atoms with van der Waals surface area (Å²) in [6.07, 6.45) is 1.21. The van der Waals surface area contributed by atoms with E-state index in [1.807, 2.05) is 19.1 Å². The molecule has 0 bridgehead atoms. The maximum absolute atomic E-state index is 11.1. The second-order valence-electron chi connectivity index (χ2n) is 2.96. The molecule has 1 rings (SSSR count). The van der Waals surface area contributed by atoms with Gasteiger partial charge in [0.25, 0.3) is 0 Å². The third-order valence-corrected chi connectivity index (χ3v) is 3.42. The first-order valence-corrected chi connectivity index (χ1v) is 6.66. The number of halogens is 1. The Morgan fingerprint density at radius 1 is 1.23 bits per heavy atom. The van der Waals surface area contributed by atoms with Crippen molar-refractivity contribution in [3.8, 4) is 0 Å². The van der Waals surface area contributed by atoms with E-state index in [2.05, 4.69) is 15.9 Å². The molecule has 0 aliphatic rings. The molecule has 0 aromatic heterocycles. The van der Waals surface area contributed by atoms with Crippen LogP contribution in [0.15, 0.2) is 29.2 Å². The Bertz CT molecular complexity index is 379. The van der Waals surface area contributed by atoms with Crippen LogP contribution in [0, 0.1) is 0 Å². The number of benzene rings is 1. The monoisotopic (exact) mass is 262 g/mol. The van der Waals surface area contributed by atoms with E-state index in [-0.39, 0.29) is 4.83 Å². The molecule has 0 radical (unpaired) electrons. The summed E-state index contributed by atoms with van der Waals surface area (Å²) in [4.78, 5) is 0.616. The van der Waals surface area contributed by atoms with Crippen molar-refractivity contribution in [2.24, 2.45) is 0 Å². The van der Waals surface area contributed by atoms with Gasteiger partial charge >= 0.3 is 0 Å². The SMILES string of the molecule is C[C@@H](Br)c1ccc(S(C)(=O)=O)cc1. The number of alkyl halides is 1. The first kappa shape index (κ1) is 10.7. The van der Waals surface area contributed by atoms with Crippen molar-refractivity contribution in [1.82, 2.24) is 0 Å². The van der Waals surface area contributed by atoms with Crippen LogP contribution in [0.3, 0.4) is 0 Å². The average molecular weight is 263 g/mol. The molecule has 13 heavy (non-hydrogen) atoms. The first-order chi connectivity index (χ1) is 5.91. The van der Waals surface area contributed by atoms with Crippen molar-refractivity contribution < 1.29 is 8.42 Å². The lowest BCUT2D eigenvalue weighted by atomic mass is 10.2. The van der Waals surface area contributed by atoms with Gasteiger partial charge in [-0.05, 0) is 24.6 Å². The number of rotatable bonds is 2. The number of hydrogen-bond donors (Lipinski definition) is 0. The normalized spacial score (nSPS) is 14.1. The van der Waals surface area contributed by atoms with Gasteiger partial charge in [-0.1, -0.05) is 28.1 Å². The molecule has 0 amide bonds. The van der Waals surface area contributed by atoms with Crippen molar-refractivity contribution in [1.29, 1.82) is 0 Å². The Morgan fingerprint density at radius 3 is 2.00 bits per heavy atom. The van der Waals surface area contributed by atoms with Crippen molar-refractivity contribution in [2.45, 2.75) is 16.6 Å². The predicted molar refractivity (Wildman–Crippen MR) is 56.9 cm³/mol. The maximum atomic E-state index is 11.1. The van der Waals surface area contributed by atoms with E-state index < -0.39 is 9.84 Å². The Hall–Kier alpha value is -0.350. The molecule has 0 spiro atoms. The summed E-state index contributed by atoms with van der Waals surface area (Å²) in [6.45, 7) is 2.00. The Balaban J connectivity index is 3.08. The van der Waals surface area contributed by atoms with Gasteiger partial charge in [-0.3, -0.25) is 0 Å². The van der Waals surface area contributed by atoms with Crippen molar-refractivity contribution >= 4 is 25.8 Å². The number of sulfone groups is 1. The summed E-state index contributed by atoms with van der Waals surface area (Å²) in [5, 5.41) is 0. The summed E-state index contributed by atoms with van der Waals surface area (Å²) < 4.78 is 22.2. The van der Waals surface area contributed by atoms with Gasteiger partial charge < -0.3 is 0 Å². The molecule has 0 saturated heterocycles. The first-order valence-electron chi connectivity index (χ1n) is 3.85. The second-order valence-corrected chi connectivity index (χ2v) is 6.35. The molecule has 0 fully saturated rings. The summed E-state index contributed by atoms with van der Waals surface area (Å²) in [6, 6.07) is 6.89. The van der Waals surface area contributed by atoms with E-state index in [9.17, 15) is 8.42 Å². The molecule has 0 heterocycles. The number of hydrogen-bond acceptors (Lipinski definition) is 2. The summed E-state index contributed by atoms with van der Waals surface area (Å²) in [7, 11) is -3.06. The van der Waals surface area contributed by atoms with Gasteiger partial charge in [-0.25, -0.2) is 8.42 Å². The zero-order valence-electron chi connectivity index (χ0n) is 7.49. The third kappa shape index (κ3) is 2.81. The van der Waals surface area contributed by atoms with Crippen LogP contribution in [0.4, 0.5) is 0 Å². The third-order valence-electron chi connectivity index (χ3n) is 1.77. The average Bonchev–Trinajstić information content (AvgIpc) is 2.03. The molecule has 0 N–H and O–H groups in total. The highest BCUT2D eigenvalue weighted by Gasteiger charge is 2.07. The van der Waals surface area contributed by atoms with Gasteiger partial charge in [0.05, 0.1) is 4.90 Å². The van der Waals surface area contributed by atoms with E-state index >= 15 is 0 Å². The van der Waals surface area contributed by atoms with E-state index in [4.69, 9.17) is 0 Å². The molecule has 1 aromatic rings. The Morgan fingerprint density at radius 2 is 1.69 bits per heavy atom. The Kier molecular flexibility index (Phi) is 3.14. The fourth-order valence-corrected chi connectivity index (χ4v) is 1.92. The van der Waals surface area contributed by atoms with Crippen LogP contribution in [-0.4, -0.2) is 14.7 Å². The molecule has 0 saturated carbocycles. The fourth-order valence-electron chi connectivity index (χ4n) is 0.980. The standard InChI is InChI=1S/C9H11BrO2S/c1-7(10)8-3-5-9(6-4-8)13(2,11)12/h3-7H,1-2H3/t7-/m1/s1. The van der Waals surface area contributed by atoms with Crippen molar-refractivity contribution in [3.63, 3.8) is 0 Å². The second kappa shape index (κ2) is 3.80. The van der Waals surface area contributed by atoms with Crippen LogP contribution in [0.1, 0.15) is 17.3 Å². The lowest BCUT2D eigenvalue weighted by Crippen LogP contribution is -1.96. The molecular formula is C9H11BrO2S. The minimum absolute atomic E-state index is 0.251. The quantitative estimate of drug-likeness (QED) is 0.768. The highest BCUT2D eigenvalue weighted by Crippen LogP contribution is 2.22. The highest BCUT2D eigenvalue weighted by molar-refractivity contribution is 9.09. The molecule has 0 aliphatic carbocycles. The molecule has 2 nitrogen and oxygen atoms in total. The van der Waals surface area contributed by atoms with Gasteiger partial charge in [0, 0.05) is 11.1 Å². The lowest BCUT2D eigenvalue weighted by molar-refractivity contribution is 0.602. The minimum Gasteiger partial charge on any atom is -0.224 e. The highest BCUT2D eigenvalue weighted by atomic mass is 79.9. The van der Waals surface area contributed by atoms with Crippen LogP contribution in [-0.2, 0) is 9.84 Å². The molecular weight excluding hydrogens is 252 g/mol. The van der Waals surface area contributed by atoms with E-state index in [1.54, 1.807) is 12.1 Å². The maximum Gasteiger partial charge on any atom is 0.175 e. The van der Waals surface area contributed by atoms with Crippen molar-refractivity contribution in [3.05, 3.63) is 29.8 Å². The van der Waals surface area contributed by atoms with E-state index in [0.29, 0.717) is 4.90 Å². The van der Waals surface area contributed by atoms with Crippen molar-refractivity contribution in [2.75, 3.05) is 6.26 Å². The summed E-state index contributed by atoms with van der Waals surface area (Å²) in [5.74, 6) is 0. The van der Waals surface area contributed by atoms with E-state index in [1.165, 1.54) is 6.26 Å². The predicted octanol–water partition coefficient (Wildman–Crippen LogP) is 2.55. The van der Waals surface area contributed by atoms with Gasteiger partial charge in [-0.15, -0.1) is 0 Å². The zero-order chi connectivity index (χ0) is 10.1.